The van der Waals surface area contributed by atoms with Gasteiger partial charge in [-0.3, -0.25) is 4.79 Å². The number of thioether (sulfide) groups is 1. The van der Waals surface area contributed by atoms with Gasteiger partial charge in [0.1, 0.15) is 0 Å². The van der Waals surface area contributed by atoms with Crippen LogP contribution in [0.3, 0.4) is 0 Å². The molecule has 0 unspecified atom stereocenters. The normalized spacial score (nSPS) is 20.3. The highest BCUT2D eigenvalue weighted by Gasteiger charge is 2.27. The number of amidine groups is 1. The van der Waals surface area contributed by atoms with Gasteiger partial charge in [-0.2, -0.15) is 4.99 Å². The zero-order valence-corrected chi connectivity index (χ0v) is 14.0. The Kier molecular flexibility index (Phi) is 4.05. The quantitative estimate of drug-likeness (QED) is 0.774. The first-order valence-electron chi connectivity index (χ1n) is 7.56. The topological polar surface area (TPSA) is 58.7 Å². The van der Waals surface area contributed by atoms with Crippen LogP contribution < -0.4 is 0 Å². The maximum Gasteiger partial charge on any atom is 0.286 e. The summed E-state index contributed by atoms with van der Waals surface area (Å²) in [4.78, 5) is 23.7. The molecule has 2 aliphatic rings. The molecular formula is C16H15N3O2S2. The van der Waals surface area contributed by atoms with E-state index >= 15 is 0 Å². The van der Waals surface area contributed by atoms with Crippen molar-refractivity contribution in [2.24, 2.45) is 4.99 Å². The van der Waals surface area contributed by atoms with E-state index in [4.69, 9.17) is 4.42 Å². The molecule has 7 heteroatoms. The molecule has 0 aliphatic carbocycles. The van der Waals surface area contributed by atoms with Crippen LogP contribution in [-0.2, 0) is 4.79 Å². The summed E-state index contributed by atoms with van der Waals surface area (Å²) in [7, 11) is 0. The van der Waals surface area contributed by atoms with Gasteiger partial charge in [-0.15, -0.1) is 11.3 Å². The number of aromatic nitrogens is 1. The van der Waals surface area contributed by atoms with Crippen molar-refractivity contribution in [3.05, 3.63) is 34.4 Å². The first-order valence-corrected chi connectivity index (χ1v) is 9.26. The number of carbonyl (C=O) groups is 1. The third kappa shape index (κ3) is 3.11. The zero-order valence-electron chi connectivity index (χ0n) is 12.4. The molecule has 4 heterocycles. The molecule has 0 bridgehead atoms. The van der Waals surface area contributed by atoms with Gasteiger partial charge in [0.15, 0.2) is 15.9 Å². The van der Waals surface area contributed by atoms with Gasteiger partial charge in [0.2, 0.25) is 0 Å². The number of hydrogen-bond donors (Lipinski definition) is 0. The fraction of sp³-hybridized carbons (Fsp3) is 0.312. The van der Waals surface area contributed by atoms with Gasteiger partial charge in [-0.1, -0.05) is 0 Å². The number of furan rings is 1. The minimum absolute atomic E-state index is 0.164. The van der Waals surface area contributed by atoms with Crippen molar-refractivity contribution in [1.29, 1.82) is 0 Å². The van der Waals surface area contributed by atoms with Crippen LogP contribution in [0.2, 0.25) is 0 Å². The molecule has 1 saturated heterocycles. The summed E-state index contributed by atoms with van der Waals surface area (Å²) in [5.41, 5.74) is 0.771. The van der Waals surface area contributed by atoms with Gasteiger partial charge in [0.25, 0.3) is 5.91 Å². The summed E-state index contributed by atoms with van der Waals surface area (Å²) in [6.45, 7) is 1.98. The smallest absolute Gasteiger partial charge is 0.286 e. The van der Waals surface area contributed by atoms with E-state index in [0.717, 1.165) is 34.7 Å². The monoisotopic (exact) mass is 345 g/mol. The standard InChI is InChI=1S/C16H15N3O2S2/c20-14-13(23-16(18-14)19-6-2-1-3-7-19)9-11-10-22-15(17-11)12-5-4-8-21-12/h4-5,8-10H,1-3,6-7H2/b13-9+. The van der Waals surface area contributed by atoms with Crippen molar-refractivity contribution < 1.29 is 9.21 Å². The highest BCUT2D eigenvalue weighted by atomic mass is 32.2. The van der Waals surface area contributed by atoms with Crippen LogP contribution in [0, 0.1) is 0 Å². The molecule has 2 aliphatic heterocycles. The maximum atomic E-state index is 12.1. The molecule has 5 nitrogen and oxygen atoms in total. The first kappa shape index (κ1) is 14.7. The molecule has 0 saturated carbocycles. The number of aliphatic imine (C=N–C) groups is 1. The Balaban J connectivity index is 1.50. The lowest BCUT2D eigenvalue weighted by Gasteiger charge is -2.27. The second-order valence-corrected chi connectivity index (χ2v) is 7.28. The fourth-order valence-electron chi connectivity index (χ4n) is 2.62. The van der Waals surface area contributed by atoms with Crippen molar-refractivity contribution >= 4 is 40.2 Å². The van der Waals surface area contributed by atoms with Crippen molar-refractivity contribution in [3.8, 4) is 10.8 Å². The summed E-state index contributed by atoms with van der Waals surface area (Å²) in [6.07, 6.45) is 7.05. The van der Waals surface area contributed by atoms with Crippen LogP contribution >= 0.6 is 23.1 Å². The Morgan fingerprint density at radius 1 is 1.26 bits per heavy atom. The van der Waals surface area contributed by atoms with E-state index in [1.807, 2.05) is 23.6 Å². The molecule has 0 radical (unpaired) electrons. The number of piperidine rings is 1. The van der Waals surface area contributed by atoms with E-state index < -0.39 is 0 Å². The summed E-state index contributed by atoms with van der Waals surface area (Å²) in [5.74, 6) is 0.582. The Bertz CT molecular complexity index is 771. The largest absolute Gasteiger partial charge is 0.462 e. The third-order valence-corrected chi connectivity index (χ3v) is 5.69. The number of rotatable bonds is 2. The van der Waals surface area contributed by atoms with E-state index in [-0.39, 0.29) is 5.91 Å². The lowest BCUT2D eigenvalue weighted by Crippen LogP contribution is -2.33. The Morgan fingerprint density at radius 3 is 2.91 bits per heavy atom. The minimum atomic E-state index is -0.164. The lowest BCUT2D eigenvalue weighted by atomic mass is 10.1. The predicted octanol–water partition coefficient (Wildman–Crippen LogP) is 3.86. The maximum absolute atomic E-state index is 12.1. The van der Waals surface area contributed by atoms with Crippen LogP contribution in [0.5, 0.6) is 0 Å². The fourth-order valence-corrected chi connectivity index (χ4v) is 4.31. The van der Waals surface area contributed by atoms with Gasteiger partial charge < -0.3 is 9.32 Å². The van der Waals surface area contributed by atoms with Gasteiger partial charge in [-0.25, -0.2) is 4.98 Å². The van der Waals surface area contributed by atoms with Crippen LogP contribution in [0.4, 0.5) is 0 Å². The molecule has 118 valence electrons. The van der Waals surface area contributed by atoms with Crippen LogP contribution in [0.15, 0.2) is 38.1 Å². The summed E-state index contributed by atoms with van der Waals surface area (Å²) >= 11 is 2.96. The number of nitrogens with zero attached hydrogens (tertiary/aromatic N) is 3. The minimum Gasteiger partial charge on any atom is -0.462 e. The van der Waals surface area contributed by atoms with E-state index in [9.17, 15) is 4.79 Å². The van der Waals surface area contributed by atoms with Crippen molar-refractivity contribution in [2.75, 3.05) is 13.1 Å². The van der Waals surface area contributed by atoms with Gasteiger partial charge >= 0.3 is 0 Å². The van der Waals surface area contributed by atoms with Gasteiger partial charge in [0, 0.05) is 18.5 Å². The molecule has 23 heavy (non-hydrogen) atoms. The molecule has 2 aromatic rings. The molecule has 2 aromatic heterocycles. The Morgan fingerprint density at radius 2 is 2.13 bits per heavy atom. The van der Waals surface area contributed by atoms with Gasteiger partial charge in [0.05, 0.1) is 16.9 Å². The second kappa shape index (κ2) is 6.33. The molecule has 0 spiro atoms. The van der Waals surface area contributed by atoms with Crippen molar-refractivity contribution in [2.45, 2.75) is 19.3 Å². The van der Waals surface area contributed by atoms with Crippen LogP contribution in [0.25, 0.3) is 16.8 Å². The van der Waals surface area contributed by atoms with E-state index in [1.54, 1.807) is 6.26 Å². The van der Waals surface area contributed by atoms with Gasteiger partial charge in [-0.05, 0) is 49.2 Å². The Hall–Kier alpha value is -1.86. The molecule has 4 rings (SSSR count). The first-order chi connectivity index (χ1) is 11.3. The average molecular weight is 345 g/mol. The average Bonchev–Trinajstić information content (AvgIpc) is 3.30. The summed E-state index contributed by atoms with van der Waals surface area (Å²) in [6, 6.07) is 3.72. The summed E-state index contributed by atoms with van der Waals surface area (Å²) < 4.78 is 5.35. The number of carbonyl (C=O) groups excluding carboxylic acids is 1. The Labute approximate surface area is 142 Å². The SMILES string of the molecule is O=C1N=C(N2CCCCC2)S/C1=C/c1csc(-c2ccco2)n1. The number of thiazole rings is 1. The zero-order chi connectivity index (χ0) is 15.6. The number of hydrogen-bond acceptors (Lipinski definition) is 6. The number of amides is 1. The second-order valence-electron chi connectivity index (χ2n) is 5.41. The molecule has 0 atom stereocenters. The van der Waals surface area contributed by atoms with E-state index in [2.05, 4.69) is 14.9 Å². The summed E-state index contributed by atoms with van der Waals surface area (Å²) in [5, 5.41) is 3.58. The molecule has 1 amide bonds. The number of likely N-dealkylation sites (tertiary alicyclic amines) is 1. The highest BCUT2D eigenvalue weighted by Crippen LogP contribution is 2.32. The van der Waals surface area contributed by atoms with Crippen LogP contribution in [0.1, 0.15) is 25.0 Å². The van der Waals surface area contributed by atoms with Crippen LogP contribution in [-0.4, -0.2) is 34.0 Å². The van der Waals surface area contributed by atoms with E-state index in [1.165, 1.54) is 42.4 Å². The molecule has 0 aromatic carbocycles. The molecule has 0 N–H and O–H groups in total. The predicted molar refractivity (Wildman–Crippen MR) is 93.3 cm³/mol. The third-order valence-electron chi connectivity index (χ3n) is 3.77. The van der Waals surface area contributed by atoms with Crippen molar-refractivity contribution in [3.63, 3.8) is 0 Å². The van der Waals surface area contributed by atoms with E-state index in [0.29, 0.717) is 4.91 Å². The highest BCUT2D eigenvalue weighted by molar-refractivity contribution is 8.18. The van der Waals surface area contributed by atoms with Crippen molar-refractivity contribution in [1.82, 2.24) is 9.88 Å². The molecule has 1 fully saturated rings. The lowest BCUT2D eigenvalue weighted by molar-refractivity contribution is -0.113. The molecular weight excluding hydrogens is 330 g/mol.